The van der Waals surface area contributed by atoms with Crippen molar-refractivity contribution in [1.29, 1.82) is 0 Å². The summed E-state index contributed by atoms with van der Waals surface area (Å²) in [5, 5.41) is 0.865. The number of aryl methyl sites for hydroxylation is 1. The predicted octanol–water partition coefficient (Wildman–Crippen LogP) is 3.32. The monoisotopic (exact) mass is 231 g/mol. The average molecular weight is 231 g/mol. The van der Waals surface area contributed by atoms with Gasteiger partial charge in [0.1, 0.15) is 5.75 Å². The number of rotatable bonds is 1. The molecular weight excluding hydrogens is 218 g/mol. The van der Waals surface area contributed by atoms with Gasteiger partial charge in [0, 0.05) is 4.88 Å². The van der Waals surface area contributed by atoms with Gasteiger partial charge < -0.3 is 10.5 Å². The van der Waals surface area contributed by atoms with E-state index in [1.54, 1.807) is 11.3 Å². The molecule has 16 heavy (non-hydrogen) atoms. The van der Waals surface area contributed by atoms with E-state index in [9.17, 15) is 0 Å². The van der Waals surface area contributed by atoms with Crippen molar-refractivity contribution in [3.05, 3.63) is 35.9 Å². The van der Waals surface area contributed by atoms with Gasteiger partial charge in [-0.3, -0.25) is 0 Å². The molecule has 1 aromatic carbocycles. The number of fused-ring (bicyclic) bond motifs is 1. The van der Waals surface area contributed by atoms with Crippen LogP contribution in [0.1, 0.15) is 12.0 Å². The maximum atomic E-state index is 5.75. The zero-order valence-electron chi connectivity index (χ0n) is 8.90. The first kappa shape index (κ1) is 9.73. The van der Waals surface area contributed by atoms with Gasteiger partial charge in [0.25, 0.3) is 0 Å². The van der Waals surface area contributed by atoms with Crippen LogP contribution in [0.4, 0.5) is 5.00 Å². The largest absolute Gasteiger partial charge is 0.493 e. The quantitative estimate of drug-likeness (QED) is 0.817. The first-order chi connectivity index (χ1) is 7.83. The minimum Gasteiger partial charge on any atom is -0.493 e. The van der Waals surface area contributed by atoms with Crippen molar-refractivity contribution in [3.8, 4) is 16.2 Å². The summed E-state index contributed by atoms with van der Waals surface area (Å²) in [6, 6.07) is 10.4. The lowest BCUT2D eigenvalue weighted by Gasteiger charge is -2.17. The Hall–Kier alpha value is -1.48. The highest BCUT2D eigenvalue weighted by atomic mass is 32.1. The molecule has 2 nitrogen and oxygen atoms in total. The van der Waals surface area contributed by atoms with Crippen molar-refractivity contribution in [2.24, 2.45) is 0 Å². The Bertz CT molecular complexity index is 518. The Morgan fingerprint density at radius 2 is 2.12 bits per heavy atom. The summed E-state index contributed by atoms with van der Waals surface area (Å²) in [6.07, 6.45) is 2.23. The van der Waals surface area contributed by atoms with Crippen LogP contribution < -0.4 is 10.5 Å². The molecule has 0 atom stereocenters. The van der Waals surface area contributed by atoms with E-state index in [-0.39, 0.29) is 0 Å². The van der Waals surface area contributed by atoms with Gasteiger partial charge in [-0.2, -0.15) is 0 Å². The fourth-order valence-corrected chi connectivity index (χ4v) is 2.79. The van der Waals surface area contributed by atoms with Gasteiger partial charge in [-0.1, -0.05) is 0 Å². The molecule has 1 aromatic heterocycles. The highest BCUT2D eigenvalue weighted by Crippen LogP contribution is 2.34. The van der Waals surface area contributed by atoms with Gasteiger partial charge in [0.2, 0.25) is 0 Å². The smallest absolute Gasteiger partial charge is 0.122 e. The zero-order chi connectivity index (χ0) is 11.0. The third-order valence-electron chi connectivity index (χ3n) is 2.82. The number of nitrogen functional groups attached to an aromatic ring is 1. The summed E-state index contributed by atoms with van der Waals surface area (Å²) in [6.45, 7) is 0.846. The molecular formula is C13H13NOS. The first-order valence-electron chi connectivity index (χ1n) is 5.44. The normalized spacial score (nSPS) is 14.2. The number of benzene rings is 1. The van der Waals surface area contributed by atoms with Gasteiger partial charge in [-0.05, 0) is 54.3 Å². The SMILES string of the molecule is Nc1ccc(-c2ccc3c(c2)CCCO3)s1. The maximum Gasteiger partial charge on any atom is 0.122 e. The van der Waals surface area contributed by atoms with Gasteiger partial charge in [-0.25, -0.2) is 0 Å². The van der Waals surface area contributed by atoms with Gasteiger partial charge in [0.15, 0.2) is 0 Å². The molecule has 2 N–H and O–H groups in total. The number of ether oxygens (including phenoxy) is 1. The van der Waals surface area contributed by atoms with Crippen LogP contribution in [-0.4, -0.2) is 6.61 Å². The highest BCUT2D eigenvalue weighted by Gasteiger charge is 2.11. The van der Waals surface area contributed by atoms with E-state index in [4.69, 9.17) is 10.5 Å². The lowest BCUT2D eigenvalue weighted by atomic mass is 10.0. The van der Waals surface area contributed by atoms with Crippen LogP contribution in [0.5, 0.6) is 5.75 Å². The molecule has 2 aromatic rings. The van der Waals surface area contributed by atoms with Crippen LogP contribution in [0.3, 0.4) is 0 Å². The summed E-state index contributed by atoms with van der Waals surface area (Å²) in [7, 11) is 0. The van der Waals surface area contributed by atoms with Crippen LogP contribution >= 0.6 is 11.3 Å². The van der Waals surface area contributed by atoms with Gasteiger partial charge in [0.05, 0.1) is 11.6 Å². The first-order valence-corrected chi connectivity index (χ1v) is 6.26. The predicted molar refractivity (Wildman–Crippen MR) is 68.0 cm³/mol. The van der Waals surface area contributed by atoms with Crippen LogP contribution in [0.2, 0.25) is 0 Å². The second-order valence-electron chi connectivity index (χ2n) is 3.98. The number of hydrogen-bond acceptors (Lipinski definition) is 3. The van der Waals surface area contributed by atoms with E-state index < -0.39 is 0 Å². The van der Waals surface area contributed by atoms with Crippen molar-refractivity contribution in [3.63, 3.8) is 0 Å². The molecule has 0 fully saturated rings. The minimum atomic E-state index is 0.846. The van der Waals surface area contributed by atoms with Crippen molar-refractivity contribution in [2.75, 3.05) is 12.3 Å². The van der Waals surface area contributed by atoms with E-state index in [1.807, 2.05) is 6.07 Å². The third-order valence-corrected chi connectivity index (χ3v) is 3.78. The number of nitrogens with two attached hydrogens (primary N) is 1. The molecule has 2 heterocycles. The molecule has 82 valence electrons. The summed E-state index contributed by atoms with van der Waals surface area (Å²) in [5.41, 5.74) is 8.30. The Morgan fingerprint density at radius 3 is 2.94 bits per heavy atom. The van der Waals surface area contributed by atoms with E-state index in [2.05, 4.69) is 24.3 Å². The Morgan fingerprint density at radius 1 is 1.19 bits per heavy atom. The van der Waals surface area contributed by atoms with Crippen molar-refractivity contribution < 1.29 is 4.74 Å². The molecule has 0 saturated heterocycles. The molecule has 3 heteroatoms. The lowest BCUT2D eigenvalue weighted by molar-refractivity contribution is 0.288. The number of thiophene rings is 1. The third kappa shape index (κ3) is 1.67. The van der Waals surface area contributed by atoms with Gasteiger partial charge in [-0.15, -0.1) is 11.3 Å². The van der Waals surface area contributed by atoms with E-state index in [0.717, 1.165) is 30.2 Å². The molecule has 0 amide bonds. The maximum absolute atomic E-state index is 5.75. The molecule has 0 bridgehead atoms. The Balaban J connectivity index is 2.02. The molecule has 0 saturated carbocycles. The molecule has 1 aliphatic heterocycles. The molecule has 3 rings (SSSR count). The highest BCUT2D eigenvalue weighted by molar-refractivity contribution is 7.19. The average Bonchev–Trinajstić information content (AvgIpc) is 2.75. The van der Waals surface area contributed by atoms with Crippen LogP contribution in [0.15, 0.2) is 30.3 Å². The molecule has 1 aliphatic rings. The Kier molecular flexibility index (Phi) is 2.33. The molecule has 0 unspecified atom stereocenters. The van der Waals surface area contributed by atoms with Crippen molar-refractivity contribution in [2.45, 2.75) is 12.8 Å². The summed E-state index contributed by atoms with van der Waals surface area (Å²) in [5.74, 6) is 1.04. The van der Waals surface area contributed by atoms with Crippen molar-refractivity contribution in [1.82, 2.24) is 0 Å². The fourth-order valence-electron chi connectivity index (χ4n) is 2.02. The van der Waals surface area contributed by atoms with Crippen LogP contribution in [0, 0.1) is 0 Å². The number of anilines is 1. The van der Waals surface area contributed by atoms with Gasteiger partial charge >= 0.3 is 0 Å². The number of hydrogen-bond donors (Lipinski definition) is 1. The lowest BCUT2D eigenvalue weighted by Crippen LogP contribution is -2.07. The Labute approximate surface area is 98.7 Å². The standard InChI is InChI=1S/C13H13NOS/c14-13-6-5-12(16-13)10-3-4-11-9(8-10)2-1-7-15-11/h3-6,8H,1-2,7,14H2. The molecule has 0 radical (unpaired) electrons. The van der Waals surface area contributed by atoms with E-state index in [1.165, 1.54) is 16.0 Å². The van der Waals surface area contributed by atoms with E-state index in [0.29, 0.717) is 0 Å². The second-order valence-corrected chi connectivity index (χ2v) is 5.09. The molecule has 0 spiro atoms. The van der Waals surface area contributed by atoms with Crippen molar-refractivity contribution >= 4 is 16.3 Å². The molecule has 0 aliphatic carbocycles. The summed E-state index contributed by atoms with van der Waals surface area (Å²) >= 11 is 1.63. The minimum absolute atomic E-state index is 0.846. The van der Waals surface area contributed by atoms with E-state index >= 15 is 0 Å². The second kappa shape index (κ2) is 3.83. The van der Waals surface area contributed by atoms with Crippen LogP contribution in [0.25, 0.3) is 10.4 Å². The topological polar surface area (TPSA) is 35.2 Å². The summed E-state index contributed by atoms with van der Waals surface area (Å²) in [4.78, 5) is 1.23. The summed E-state index contributed by atoms with van der Waals surface area (Å²) < 4.78 is 5.60. The fraction of sp³-hybridized carbons (Fsp3) is 0.231. The zero-order valence-corrected chi connectivity index (χ0v) is 9.72. The van der Waals surface area contributed by atoms with Crippen LogP contribution in [-0.2, 0) is 6.42 Å².